The van der Waals surface area contributed by atoms with Gasteiger partial charge in [-0.1, -0.05) is 36.4 Å². The van der Waals surface area contributed by atoms with Crippen LogP contribution in [-0.2, 0) is 0 Å². The van der Waals surface area contributed by atoms with Gasteiger partial charge in [-0.2, -0.15) is 5.10 Å². The van der Waals surface area contributed by atoms with Gasteiger partial charge in [0, 0.05) is 11.1 Å². The number of hydrogen-bond acceptors (Lipinski definition) is 4. The van der Waals surface area contributed by atoms with Crippen molar-refractivity contribution < 1.29 is 14.3 Å². The molecular weight excluding hydrogens is 340 g/mol. The molecule has 2 aromatic heterocycles. The number of furan rings is 1. The summed E-state index contributed by atoms with van der Waals surface area (Å²) in [5, 5.41) is 17.3. The van der Waals surface area contributed by atoms with E-state index in [2.05, 4.69) is 10.2 Å². The Morgan fingerprint density at radius 2 is 1.93 bits per heavy atom. The van der Waals surface area contributed by atoms with Crippen LogP contribution in [0.1, 0.15) is 5.56 Å². The summed E-state index contributed by atoms with van der Waals surface area (Å²) < 4.78 is 11.2. The van der Waals surface area contributed by atoms with Crippen molar-refractivity contribution in [2.45, 2.75) is 0 Å². The van der Waals surface area contributed by atoms with Crippen LogP contribution in [0.2, 0.25) is 0 Å². The summed E-state index contributed by atoms with van der Waals surface area (Å²) in [5.74, 6) is 1.46. The monoisotopic (exact) mass is 358 g/mol. The van der Waals surface area contributed by atoms with Gasteiger partial charge in [0.15, 0.2) is 5.76 Å². The molecular formula is C22H18N2O3. The zero-order chi connectivity index (χ0) is 18.5. The summed E-state index contributed by atoms with van der Waals surface area (Å²) in [7, 11) is 0. The van der Waals surface area contributed by atoms with Gasteiger partial charge >= 0.3 is 0 Å². The summed E-state index contributed by atoms with van der Waals surface area (Å²) in [6.45, 7) is 0.426. The van der Waals surface area contributed by atoms with Crippen LogP contribution < -0.4 is 4.74 Å². The second-order valence-electron chi connectivity index (χ2n) is 5.94. The van der Waals surface area contributed by atoms with Crippen LogP contribution >= 0.6 is 0 Å². The molecule has 4 rings (SSSR count). The number of nitrogens with one attached hydrogen (secondary N) is 1. The normalized spacial score (nSPS) is 11.1. The highest BCUT2D eigenvalue weighted by Crippen LogP contribution is 2.37. The van der Waals surface area contributed by atoms with Crippen LogP contribution in [0.15, 0.2) is 83.6 Å². The molecule has 27 heavy (non-hydrogen) atoms. The first kappa shape index (κ1) is 16.7. The topological polar surface area (TPSA) is 71.3 Å². The lowest BCUT2D eigenvalue weighted by Gasteiger charge is -2.08. The maximum absolute atomic E-state index is 10.3. The van der Waals surface area contributed by atoms with Gasteiger partial charge in [0.05, 0.1) is 12.5 Å². The Hall–Kier alpha value is -3.73. The van der Waals surface area contributed by atoms with Crippen LogP contribution in [-0.4, -0.2) is 21.9 Å². The van der Waals surface area contributed by atoms with E-state index in [0.29, 0.717) is 29.4 Å². The molecule has 0 aliphatic heterocycles. The number of hydrogen-bond donors (Lipinski definition) is 2. The first-order chi connectivity index (χ1) is 13.3. The van der Waals surface area contributed by atoms with Gasteiger partial charge in [-0.05, 0) is 42.0 Å². The van der Waals surface area contributed by atoms with Crippen molar-refractivity contribution in [3.8, 4) is 34.1 Å². The molecule has 0 fully saturated rings. The molecule has 5 heteroatoms. The van der Waals surface area contributed by atoms with Crippen molar-refractivity contribution in [1.29, 1.82) is 0 Å². The second kappa shape index (κ2) is 7.66. The van der Waals surface area contributed by atoms with Gasteiger partial charge in [-0.25, -0.2) is 0 Å². The molecule has 0 unspecified atom stereocenters. The lowest BCUT2D eigenvalue weighted by atomic mass is 10.0. The highest BCUT2D eigenvalue weighted by atomic mass is 16.5. The number of phenols is 1. The number of H-pyrrole nitrogens is 1. The molecule has 0 saturated carbocycles. The van der Waals surface area contributed by atoms with Gasteiger partial charge < -0.3 is 14.3 Å². The fourth-order valence-electron chi connectivity index (χ4n) is 2.81. The lowest BCUT2D eigenvalue weighted by Crippen LogP contribution is -1.93. The third-order valence-corrected chi connectivity index (χ3v) is 4.12. The highest BCUT2D eigenvalue weighted by molar-refractivity contribution is 5.82. The predicted molar refractivity (Wildman–Crippen MR) is 104 cm³/mol. The van der Waals surface area contributed by atoms with Gasteiger partial charge in [0.1, 0.15) is 23.8 Å². The van der Waals surface area contributed by atoms with Crippen molar-refractivity contribution in [3.63, 3.8) is 0 Å². The van der Waals surface area contributed by atoms with E-state index in [1.165, 1.54) is 0 Å². The van der Waals surface area contributed by atoms with Gasteiger partial charge in [-0.15, -0.1) is 0 Å². The Bertz CT molecular complexity index is 1030. The number of ether oxygens (including phenoxy) is 1. The van der Waals surface area contributed by atoms with E-state index in [-0.39, 0.29) is 5.75 Å². The van der Waals surface area contributed by atoms with E-state index in [0.717, 1.165) is 11.1 Å². The largest absolute Gasteiger partial charge is 0.507 e. The minimum absolute atomic E-state index is 0.149. The zero-order valence-corrected chi connectivity index (χ0v) is 14.5. The summed E-state index contributed by atoms with van der Waals surface area (Å²) in [4.78, 5) is 0. The summed E-state index contributed by atoms with van der Waals surface area (Å²) in [6, 6.07) is 18.8. The van der Waals surface area contributed by atoms with Crippen molar-refractivity contribution >= 4 is 6.08 Å². The third-order valence-electron chi connectivity index (χ3n) is 4.12. The van der Waals surface area contributed by atoms with E-state index in [9.17, 15) is 5.11 Å². The quantitative estimate of drug-likeness (QED) is 0.501. The number of aromatic amines is 1. The Morgan fingerprint density at radius 3 is 2.74 bits per heavy atom. The average molecular weight is 358 g/mol. The van der Waals surface area contributed by atoms with Gasteiger partial charge in [0.25, 0.3) is 0 Å². The molecule has 2 N–H and O–H groups in total. The Balaban J connectivity index is 1.53. The molecule has 0 aliphatic carbocycles. The molecule has 5 nitrogen and oxygen atoms in total. The van der Waals surface area contributed by atoms with Crippen LogP contribution in [0, 0.1) is 0 Å². The minimum Gasteiger partial charge on any atom is -0.507 e. The number of aromatic hydroxyl groups is 1. The summed E-state index contributed by atoms with van der Waals surface area (Å²) in [6.07, 6.45) is 7.21. The molecule has 2 heterocycles. The second-order valence-corrected chi connectivity index (χ2v) is 5.94. The van der Waals surface area contributed by atoms with E-state index >= 15 is 0 Å². The molecule has 0 bridgehead atoms. The van der Waals surface area contributed by atoms with Crippen LogP contribution in [0.4, 0.5) is 0 Å². The number of rotatable bonds is 6. The first-order valence-corrected chi connectivity index (χ1v) is 8.56. The van der Waals surface area contributed by atoms with Crippen LogP contribution in [0.25, 0.3) is 28.7 Å². The maximum atomic E-state index is 10.3. The predicted octanol–water partition coefficient (Wildman–Crippen LogP) is 5.13. The summed E-state index contributed by atoms with van der Waals surface area (Å²) >= 11 is 0. The van der Waals surface area contributed by atoms with Gasteiger partial charge in [0.2, 0.25) is 0 Å². The Kier molecular flexibility index (Phi) is 4.74. The van der Waals surface area contributed by atoms with Crippen LogP contribution in [0.5, 0.6) is 11.5 Å². The zero-order valence-electron chi connectivity index (χ0n) is 14.5. The molecule has 0 aliphatic rings. The SMILES string of the molecule is Oc1ccc(OC/C=C/c2ccccc2)cc1-c1cn[nH]c1-c1ccco1. The number of nitrogens with zero attached hydrogens (tertiary/aromatic N) is 1. The molecule has 0 radical (unpaired) electrons. The van der Waals surface area contributed by atoms with Crippen molar-refractivity contribution in [2.24, 2.45) is 0 Å². The van der Waals surface area contributed by atoms with Crippen molar-refractivity contribution in [1.82, 2.24) is 10.2 Å². The molecule has 134 valence electrons. The van der Waals surface area contributed by atoms with E-state index in [1.54, 1.807) is 36.7 Å². The van der Waals surface area contributed by atoms with E-state index in [1.807, 2.05) is 48.6 Å². The molecule has 0 amide bonds. The number of benzene rings is 2. The maximum Gasteiger partial charge on any atom is 0.152 e. The van der Waals surface area contributed by atoms with Crippen molar-refractivity contribution in [3.05, 3.63) is 84.8 Å². The average Bonchev–Trinajstić information content (AvgIpc) is 3.38. The van der Waals surface area contributed by atoms with E-state index in [4.69, 9.17) is 9.15 Å². The third kappa shape index (κ3) is 3.77. The number of phenolic OH excluding ortho intramolecular Hbond substituents is 1. The summed E-state index contributed by atoms with van der Waals surface area (Å²) in [5.41, 5.74) is 3.19. The first-order valence-electron chi connectivity index (χ1n) is 8.56. The lowest BCUT2D eigenvalue weighted by molar-refractivity contribution is 0.363. The van der Waals surface area contributed by atoms with E-state index < -0.39 is 0 Å². The molecule has 4 aromatic rings. The fourth-order valence-corrected chi connectivity index (χ4v) is 2.81. The Morgan fingerprint density at radius 1 is 1.04 bits per heavy atom. The molecule has 0 saturated heterocycles. The Labute approximate surface area is 156 Å². The highest BCUT2D eigenvalue weighted by Gasteiger charge is 2.15. The molecule has 0 spiro atoms. The molecule has 0 atom stereocenters. The van der Waals surface area contributed by atoms with Crippen LogP contribution in [0.3, 0.4) is 0 Å². The van der Waals surface area contributed by atoms with Gasteiger partial charge in [-0.3, -0.25) is 5.10 Å². The molecule has 2 aromatic carbocycles. The standard InChI is InChI=1S/C22H18N2O3/c25-20-11-10-17(26-12-4-8-16-6-2-1-3-7-16)14-18(20)19-15-23-24-22(19)21-9-5-13-27-21/h1-11,13-15,25H,12H2,(H,23,24)/b8-4+. The minimum atomic E-state index is 0.149. The smallest absolute Gasteiger partial charge is 0.152 e. The fraction of sp³-hybridized carbons (Fsp3) is 0.0455. The number of aromatic nitrogens is 2. The van der Waals surface area contributed by atoms with Crippen molar-refractivity contribution in [2.75, 3.05) is 6.61 Å².